The molecule has 1 aromatic carbocycles. The maximum atomic E-state index is 15.2. The number of likely N-dealkylation sites (tertiary alicyclic amines) is 1. The molecule has 6 bridgehead atoms. The summed E-state index contributed by atoms with van der Waals surface area (Å²) in [6.45, 7) is 9.19. The van der Waals surface area contributed by atoms with Gasteiger partial charge in [-0.3, -0.25) is 29.3 Å². The van der Waals surface area contributed by atoms with Gasteiger partial charge in [-0.25, -0.2) is 20.4 Å². The fourth-order valence-corrected chi connectivity index (χ4v) is 12.5. The molecule has 11 rings (SSSR count). The molecule has 5 fully saturated rings. The van der Waals surface area contributed by atoms with E-state index in [1.807, 2.05) is 25.3 Å². The predicted octanol–water partition coefficient (Wildman–Crippen LogP) is 5.73. The molecule has 3 N–H and O–H groups in total. The fraction of sp³-hybridized carbons (Fsp3) is 0.510. The number of hydrogen-bond acceptors (Lipinski definition) is 13. The maximum Gasteiger partial charge on any atom is 0.324 e. The minimum atomic E-state index is -1.01. The number of amides is 2. The largest absolute Gasteiger partial charge is 0.464 e. The molecule has 0 unspecified atom stereocenters. The normalized spacial score (nSPS) is 29.6. The number of pyridine rings is 1. The van der Waals surface area contributed by atoms with Crippen molar-refractivity contribution < 1.29 is 19.1 Å². The zero-order chi connectivity index (χ0) is 44.6. The molecule has 15 nitrogen and oxygen atoms in total. The third-order valence-electron chi connectivity index (χ3n) is 15.1. The van der Waals surface area contributed by atoms with Gasteiger partial charge in [-0.2, -0.15) is 5.26 Å². The first-order chi connectivity index (χ1) is 31.5. The first kappa shape index (κ1) is 42.1. The van der Waals surface area contributed by atoms with Crippen LogP contribution < -0.4 is 16.1 Å². The molecule has 3 saturated heterocycles. The summed E-state index contributed by atoms with van der Waals surface area (Å²) < 4.78 is 8.65. The Hall–Kier alpha value is -5.60. The topological polar surface area (TPSA) is 183 Å². The van der Waals surface area contributed by atoms with Gasteiger partial charge < -0.3 is 19.9 Å². The molecule has 2 amide bonds. The first-order valence-electron chi connectivity index (χ1n) is 23.2. The number of carbonyl (C=O) groups is 3. The summed E-state index contributed by atoms with van der Waals surface area (Å²) in [5.74, 6) is -1.36. The molecule has 2 aliphatic carbocycles. The van der Waals surface area contributed by atoms with Crippen molar-refractivity contribution in [2.45, 2.75) is 101 Å². The van der Waals surface area contributed by atoms with Crippen LogP contribution in [-0.2, 0) is 25.5 Å². The Bertz CT molecular complexity index is 2690. The smallest absolute Gasteiger partial charge is 0.324 e. The van der Waals surface area contributed by atoms with E-state index in [-0.39, 0.29) is 53.7 Å². The number of aromatic nitrogens is 5. The molecule has 336 valence electrons. The zero-order valence-electron chi connectivity index (χ0n) is 37.1. The van der Waals surface area contributed by atoms with E-state index >= 15 is 4.79 Å². The van der Waals surface area contributed by atoms with Gasteiger partial charge in [-0.05, 0) is 93.3 Å². The number of ether oxygens (including phenoxy) is 1. The molecule has 8 atom stereocenters. The molecular weight excluding hydrogens is 839 g/mol. The second kappa shape index (κ2) is 16.4. The molecule has 4 aromatic heterocycles. The van der Waals surface area contributed by atoms with E-state index < -0.39 is 29.5 Å². The predicted molar refractivity (Wildman–Crippen MR) is 244 cm³/mol. The van der Waals surface area contributed by atoms with E-state index in [9.17, 15) is 14.9 Å². The number of esters is 1. The van der Waals surface area contributed by atoms with Gasteiger partial charge in [-0.15, -0.1) is 11.3 Å². The number of fused-ring (bicyclic) bond motifs is 6. The Morgan fingerprint density at radius 3 is 2.68 bits per heavy atom. The van der Waals surface area contributed by atoms with Crippen molar-refractivity contribution in [1.29, 1.82) is 5.26 Å². The van der Waals surface area contributed by atoms with E-state index in [4.69, 9.17) is 9.72 Å². The molecule has 6 aliphatic rings. The minimum absolute atomic E-state index is 0.0134. The number of hydrogen-bond donors (Lipinski definition) is 3. The van der Waals surface area contributed by atoms with Gasteiger partial charge in [0.1, 0.15) is 23.4 Å². The lowest BCUT2D eigenvalue weighted by molar-refractivity contribution is -0.156. The van der Waals surface area contributed by atoms with Crippen LogP contribution in [0.2, 0.25) is 0 Å². The number of cyclic esters (lactones) is 1. The standard InChI is InChI=1S/C49H55N11O4S/c1-28-39(35-12-15-52-27-53-35)40(28)44(61)56-41-43(58-24-49(25-58)13-16-54-49)45-55-37(23-65-45)30-9-11-38-33(19-30)34(20-48(2,3)26-64-47(63)36-7-5-17-59(57-36)46(41)62)42(31-6-4-14-51-22-31)60(38)32-10-8-29(18-32)21-50/h4,6,9,11-12,14-15,19,22-23,27-29,32,36,39-41,43,54,57H,5,7-8,10,13,16-18,20,24-26H2,1-3H3,(H,56,61)/t28-,29-,32-,36-,39-,40+,41-,43-/m0/s1. The second-order valence-electron chi connectivity index (χ2n) is 20.1. The van der Waals surface area contributed by atoms with Crippen LogP contribution in [0.3, 0.4) is 0 Å². The van der Waals surface area contributed by atoms with Gasteiger partial charge in [0.2, 0.25) is 5.91 Å². The molecule has 1 spiro atoms. The SMILES string of the molecule is C[C@@H]1[C@@H](C(=O)N[C@@H]2C(=O)N3CCC[C@H](N3)C(=O)OCC(C)(C)Cc3c(-c4cccnc4)n([C@H]4CC[C@H](C#N)C4)c4ccc(cc34)-c3csc(n3)[C@H]2N2CC3(CCN3)C2)[C@@H]1c1ccncn1. The number of rotatable bonds is 6. The van der Waals surface area contributed by atoms with Crippen LogP contribution >= 0.6 is 11.3 Å². The lowest BCUT2D eigenvalue weighted by Gasteiger charge is -2.59. The number of benzene rings is 1. The van der Waals surface area contributed by atoms with E-state index in [1.165, 1.54) is 22.7 Å². The fourth-order valence-electron chi connectivity index (χ4n) is 11.5. The van der Waals surface area contributed by atoms with E-state index in [2.05, 4.69) is 90.0 Å². The summed E-state index contributed by atoms with van der Waals surface area (Å²) in [6.07, 6.45) is 12.1. The van der Waals surface area contributed by atoms with E-state index in [1.54, 1.807) is 12.4 Å². The summed E-state index contributed by atoms with van der Waals surface area (Å²) >= 11 is 1.51. The number of hydrazine groups is 1. The van der Waals surface area contributed by atoms with Crippen molar-refractivity contribution >= 4 is 40.0 Å². The minimum Gasteiger partial charge on any atom is -0.464 e. The summed E-state index contributed by atoms with van der Waals surface area (Å²) in [6, 6.07) is 12.8. The summed E-state index contributed by atoms with van der Waals surface area (Å²) in [7, 11) is 0. The Morgan fingerprint density at radius 2 is 1.94 bits per heavy atom. The van der Waals surface area contributed by atoms with Crippen molar-refractivity contribution in [3.63, 3.8) is 0 Å². The molecule has 5 aromatic rings. The van der Waals surface area contributed by atoms with Crippen molar-refractivity contribution in [2.24, 2.45) is 23.2 Å². The molecule has 0 radical (unpaired) electrons. The highest BCUT2D eigenvalue weighted by atomic mass is 32.1. The molecular formula is C49H55N11O4S. The van der Waals surface area contributed by atoms with Crippen molar-refractivity contribution in [2.75, 3.05) is 32.8 Å². The van der Waals surface area contributed by atoms with Gasteiger partial charge in [0.15, 0.2) is 0 Å². The highest BCUT2D eigenvalue weighted by molar-refractivity contribution is 7.10. The molecule has 2 saturated carbocycles. The lowest BCUT2D eigenvalue weighted by Crippen LogP contribution is -2.77. The van der Waals surface area contributed by atoms with Crippen LogP contribution in [0, 0.1) is 34.5 Å². The first-order valence-corrected chi connectivity index (χ1v) is 24.1. The summed E-state index contributed by atoms with van der Waals surface area (Å²) in [5, 5.41) is 22.3. The van der Waals surface area contributed by atoms with Crippen LogP contribution in [0.25, 0.3) is 33.4 Å². The molecule has 4 aliphatic heterocycles. The van der Waals surface area contributed by atoms with Crippen LogP contribution in [0.15, 0.2) is 66.7 Å². The van der Waals surface area contributed by atoms with Crippen LogP contribution in [-0.4, -0.2) is 103 Å². The number of nitriles is 1. The van der Waals surface area contributed by atoms with Gasteiger partial charge in [-0.1, -0.05) is 26.8 Å². The average molecular weight is 894 g/mol. The number of thiazole rings is 1. The molecule has 65 heavy (non-hydrogen) atoms. The van der Waals surface area contributed by atoms with Gasteiger partial charge in [0.05, 0.1) is 30.1 Å². The molecule has 8 heterocycles. The Balaban J connectivity index is 1.04. The number of nitrogens with one attached hydrogen (secondary N) is 3. The van der Waals surface area contributed by atoms with Crippen molar-refractivity contribution in [3.8, 4) is 28.6 Å². The Kier molecular flexibility index (Phi) is 10.6. The summed E-state index contributed by atoms with van der Waals surface area (Å²) in [5.41, 5.74) is 9.58. The number of carbonyl (C=O) groups excluding carboxylic acids is 3. The van der Waals surface area contributed by atoms with E-state index in [0.717, 1.165) is 81.9 Å². The van der Waals surface area contributed by atoms with Crippen LogP contribution in [0.1, 0.15) is 93.6 Å². The summed E-state index contributed by atoms with van der Waals surface area (Å²) in [4.78, 5) is 64.6. The Labute approximate surface area is 382 Å². The van der Waals surface area contributed by atoms with E-state index in [0.29, 0.717) is 38.9 Å². The maximum absolute atomic E-state index is 15.2. The average Bonchev–Trinajstić information content (AvgIpc) is 3.67. The van der Waals surface area contributed by atoms with Crippen LogP contribution in [0.4, 0.5) is 0 Å². The number of nitrogens with zero attached hydrogens (tertiary/aromatic N) is 8. The van der Waals surface area contributed by atoms with Gasteiger partial charge in [0.25, 0.3) is 5.91 Å². The van der Waals surface area contributed by atoms with Gasteiger partial charge in [0, 0.05) is 106 Å². The third kappa shape index (κ3) is 7.59. The lowest BCUT2D eigenvalue weighted by atomic mass is 9.78. The quantitative estimate of drug-likeness (QED) is 0.177. The highest BCUT2D eigenvalue weighted by Gasteiger charge is 2.57. The third-order valence-corrected chi connectivity index (χ3v) is 16.0. The van der Waals surface area contributed by atoms with Gasteiger partial charge >= 0.3 is 5.97 Å². The monoisotopic (exact) mass is 893 g/mol. The van der Waals surface area contributed by atoms with Crippen molar-refractivity contribution in [1.82, 2.24) is 50.5 Å². The zero-order valence-corrected chi connectivity index (χ0v) is 37.9. The highest BCUT2D eigenvalue weighted by Crippen LogP contribution is 2.53. The molecule has 16 heteroatoms. The van der Waals surface area contributed by atoms with Crippen molar-refractivity contribution in [3.05, 3.63) is 83.0 Å². The second-order valence-corrected chi connectivity index (χ2v) is 21.0. The van der Waals surface area contributed by atoms with Crippen LogP contribution in [0.5, 0.6) is 0 Å². The Morgan fingerprint density at radius 1 is 1.08 bits per heavy atom.